The zero-order chi connectivity index (χ0) is 13.2. The van der Waals surface area contributed by atoms with E-state index in [0.717, 1.165) is 25.2 Å². The molecule has 0 saturated carbocycles. The van der Waals surface area contributed by atoms with Gasteiger partial charge in [0.05, 0.1) is 0 Å². The summed E-state index contributed by atoms with van der Waals surface area (Å²) < 4.78 is 0. The fourth-order valence-electron chi connectivity index (χ4n) is 2.40. The van der Waals surface area contributed by atoms with E-state index in [1.54, 1.807) is 0 Å². The Hall–Kier alpha value is -1.58. The number of carbonyl (C=O) groups is 1. The van der Waals surface area contributed by atoms with Crippen molar-refractivity contribution in [2.24, 2.45) is 5.41 Å². The molecule has 18 heavy (non-hydrogen) atoms. The first kappa shape index (κ1) is 12.9. The molecule has 1 saturated heterocycles. The van der Waals surface area contributed by atoms with Crippen LogP contribution in [0.4, 0.5) is 10.6 Å². The van der Waals surface area contributed by atoms with E-state index in [0.29, 0.717) is 5.82 Å². The van der Waals surface area contributed by atoms with Gasteiger partial charge >= 0.3 is 6.03 Å². The van der Waals surface area contributed by atoms with Crippen LogP contribution in [-0.4, -0.2) is 29.0 Å². The number of hydrogen-bond acceptors (Lipinski definition) is 2. The molecule has 0 radical (unpaired) electrons. The first-order valence-corrected chi connectivity index (χ1v) is 6.46. The van der Waals surface area contributed by atoms with Crippen molar-refractivity contribution in [1.82, 2.24) is 9.88 Å². The molecule has 2 amide bonds. The standard InChI is InChI=1S/C14H21N3O/c1-11-6-4-7-12(15-11)16-13(18)17-9-5-8-14(2,3)10-17/h4,6-7H,5,8-10H2,1-3H3,(H,15,16,18). The summed E-state index contributed by atoms with van der Waals surface area (Å²) in [5.74, 6) is 0.628. The van der Waals surface area contributed by atoms with Crippen molar-refractivity contribution in [3.05, 3.63) is 23.9 Å². The first-order valence-electron chi connectivity index (χ1n) is 6.46. The molecule has 0 aliphatic carbocycles. The van der Waals surface area contributed by atoms with Gasteiger partial charge in [0.25, 0.3) is 0 Å². The van der Waals surface area contributed by atoms with E-state index >= 15 is 0 Å². The SMILES string of the molecule is Cc1cccc(NC(=O)N2CCCC(C)(C)C2)n1. The van der Waals surface area contributed by atoms with Gasteiger partial charge in [-0.1, -0.05) is 19.9 Å². The molecule has 1 aliphatic rings. The molecule has 0 bridgehead atoms. The Bertz CT molecular complexity index is 442. The Morgan fingerprint density at radius 3 is 2.89 bits per heavy atom. The van der Waals surface area contributed by atoms with Gasteiger partial charge < -0.3 is 4.90 Å². The minimum atomic E-state index is -0.0409. The number of nitrogens with one attached hydrogen (secondary N) is 1. The molecule has 1 aromatic heterocycles. The van der Waals surface area contributed by atoms with Crippen LogP contribution >= 0.6 is 0 Å². The second kappa shape index (κ2) is 4.96. The lowest BCUT2D eigenvalue weighted by atomic mass is 9.84. The molecule has 1 aliphatic heterocycles. The maximum absolute atomic E-state index is 12.1. The molecular weight excluding hydrogens is 226 g/mol. The number of likely N-dealkylation sites (tertiary alicyclic amines) is 1. The number of rotatable bonds is 1. The summed E-state index contributed by atoms with van der Waals surface area (Å²) in [6.07, 6.45) is 2.25. The molecule has 2 heterocycles. The monoisotopic (exact) mass is 247 g/mol. The van der Waals surface area contributed by atoms with Crippen LogP contribution in [0.2, 0.25) is 0 Å². The van der Waals surface area contributed by atoms with E-state index in [1.165, 1.54) is 6.42 Å². The second-order valence-corrected chi connectivity index (χ2v) is 5.78. The summed E-state index contributed by atoms with van der Waals surface area (Å²) in [5, 5.41) is 2.87. The summed E-state index contributed by atoms with van der Waals surface area (Å²) in [6.45, 7) is 7.97. The fraction of sp³-hybridized carbons (Fsp3) is 0.571. The number of pyridine rings is 1. The maximum atomic E-state index is 12.1. The molecule has 0 aromatic carbocycles. The van der Waals surface area contributed by atoms with Crippen molar-refractivity contribution in [3.8, 4) is 0 Å². The lowest BCUT2D eigenvalue weighted by molar-refractivity contribution is 0.138. The zero-order valence-electron chi connectivity index (χ0n) is 11.4. The zero-order valence-corrected chi connectivity index (χ0v) is 11.4. The van der Waals surface area contributed by atoms with Crippen molar-refractivity contribution < 1.29 is 4.79 Å². The number of aromatic nitrogens is 1. The predicted molar refractivity (Wildman–Crippen MR) is 72.6 cm³/mol. The maximum Gasteiger partial charge on any atom is 0.323 e. The lowest BCUT2D eigenvalue weighted by Crippen LogP contribution is -2.45. The highest BCUT2D eigenvalue weighted by Gasteiger charge is 2.29. The molecule has 1 aromatic rings. The van der Waals surface area contributed by atoms with E-state index in [1.807, 2.05) is 30.0 Å². The van der Waals surface area contributed by atoms with Gasteiger partial charge in [-0.2, -0.15) is 0 Å². The van der Waals surface area contributed by atoms with Gasteiger partial charge in [-0.15, -0.1) is 0 Å². The van der Waals surface area contributed by atoms with Crippen molar-refractivity contribution in [2.75, 3.05) is 18.4 Å². The highest BCUT2D eigenvalue weighted by atomic mass is 16.2. The highest BCUT2D eigenvalue weighted by Crippen LogP contribution is 2.28. The van der Waals surface area contributed by atoms with E-state index in [4.69, 9.17) is 0 Å². The largest absolute Gasteiger partial charge is 0.324 e. The molecular formula is C14H21N3O. The Morgan fingerprint density at radius 1 is 1.44 bits per heavy atom. The number of anilines is 1. The third-order valence-corrected chi connectivity index (χ3v) is 3.31. The summed E-state index contributed by atoms with van der Waals surface area (Å²) in [7, 11) is 0. The van der Waals surface area contributed by atoms with Gasteiger partial charge in [-0.25, -0.2) is 9.78 Å². The third kappa shape index (κ3) is 3.22. The number of amides is 2. The average molecular weight is 247 g/mol. The average Bonchev–Trinajstić information content (AvgIpc) is 2.27. The van der Waals surface area contributed by atoms with Crippen molar-refractivity contribution >= 4 is 11.8 Å². The van der Waals surface area contributed by atoms with Gasteiger partial charge in [0.1, 0.15) is 5.82 Å². The molecule has 0 unspecified atom stereocenters. The summed E-state index contributed by atoms with van der Waals surface area (Å²) in [6, 6.07) is 5.60. The van der Waals surface area contributed by atoms with Crippen molar-refractivity contribution in [2.45, 2.75) is 33.6 Å². The van der Waals surface area contributed by atoms with Gasteiger partial charge in [0, 0.05) is 18.8 Å². The van der Waals surface area contributed by atoms with Crippen LogP contribution in [0.1, 0.15) is 32.4 Å². The minimum absolute atomic E-state index is 0.0409. The minimum Gasteiger partial charge on any atom is -0.324 e. The Balaban J connectivity index is 2.00. The number of urea groups is 1. The molecule has 4 heteroatoms. The van der Waals surface area contributed by atoms with Crippen molar-refractivity contribution in [1.29, 1.82) is 0 Å². The molecule has 2 rings (SSSR count). The molecule has 1 fully saturated rings. The van der Waals surface area contributed by atoms with Crippen LogP contribution in [0.15, 0.2) is 18.2 Å². The molecule has 4 nitrogen and oxygen atoms in total. The van der Waals surface area contributed by atoms with E-state index in [2.05, 4.69) is 24.1 Å². The fourth-order valence-corrected chi connectivity index (χ4v) is 2.40. The Kier molecular flexibility index (Phi) is 3.55. The number of hydrogen-bond donors (Lipinski definition) is 1. The van der Waals surface area contributed by atoms with Gasteiger partial charge in [0.2, 0.25) is 0 Å². The number of carbonyl (C=O) groups excluding carboxylic acids is 1. The summed E-state index contributed by atoms with van der Waals surface area (Å²) in [4.78, 5) is 18.3. The smallest absolute Gasteiger partial charge is 0.323 e. The first-order chi connectivity index (χ1) is 8.46. The number of piperidine rings is 1. The molecule has 98 valence electrons. The van der Waals surface area contributed by atoms with E-state index < -0.39 is 0 Å². The lowest BCUT2D eigenvalue weighted by Gasteiger charge is -2.37. The quantitative estimate of drug-likeness (QED) is 0.829. The summed E-state index contributed by atoms with van der Waals surface area (Å²) >= 11 is 0. The topological polar surface area (TPSA) is 45.2 Å². The number of aryl methyl sites for hydroxylation is 1. The van der Waals surface area contributed by atoms with Crippen molar-refractivity contribution in [3.63, 3.8) is 0 Å². The Labute approximate surface area is 108 Å². The van der Waals surface area contributed by atoms with Crippen LogP contribution in [-0.2, 0) is 0 Å². The highest BCUT2D eigenvalue weighted by molar-refractivity contribution is 5.88. The predicted octanol–water partition coefficient (Wildman–Crippen LogP) is 3.04. The van der Waals surface area contributed by atoms with E-state index in [-0.39, 0.29) is 11.4 Å². The van der Waals surface area contributed by atoms with Gasteiger partial charge in [-0.3, -0.25) is 5.32 Å². The van der Waals surface area contributed by atoms with E-state index in [9.17, 15) is 4.79 Å². The van der Waals surface area contributed by atoms with Crippen LogP contribution in [0.5, 0.6) is 0 Å². The van der Waals surface area contributed by atoms with Crippen LogP contribution < -0.4 is 5.32 Å². The third-order valence-electron chi connectivity index (χ3n) is 3.31. The molecule has 0 atom stereocenters. The second-order valence-electron chi connectivity index (χ2n) is 5.78. The van der Waals surface area contributed by atoms with Crippen LogP contribution in [0, 0.1) is 12.3 Å². The molecule has 0 spiro atoms. The van der Waals surface area contributed by atoms with Crippen LogP contribution in [0.3, 0.4) is 0 Å². The van der Waals surface area contributed by atoms with Crippen LogP contribution in [0.25, 0.3) is 0 Å². The number of nitrogens with zero attached hydrogens (tertiary/aromatic N) is 2. The summed E-state index contributed by atoms with van der Waals surface area (Å²) in [5.41, 5.74) is 1.13. The van der Waals surface area contributed by atoms with Gasteiger partial charge in [-0.05, 0) is 37.3 Å². The van der Waals surface area contributed by atoms with Gasteiger partial charge in [0.15, 0.2) is 0 Å². The normalized spacial score (nSPS) is 18.5. The Morgan fingerprint density at radius 2 is 2.22 bits per heavy atom. The molecule has 1 N–H and O–H groups in total.